The Kier molecular flexibility index (Phi) is 5.63. The molecule has 6 heteroatoms. The zero-order valence-corrected chi connectivity index (χ0v) is 23.1. The van der Waals surface area contributed by atoms with Gasteiger partial charge in [0.2, 0.25) is 0 Å². The van der Waals surface area contributed by atoms with Crippen LogP contribution >= 0.6 is 0 Å². The maximum absolute atomic E-state index is 5.34. The summed E-state index contributed by atoms with van der Waals surface area (Å²) in [7, 11) is 0. The topological polar surface area (TPSA) is 57.8 Å². The number of nitrogens with zero attached hydrogens (tertiary/aromatic N) is 5. The number of amidine groups is 2. The SMILES string of the molecule is Cc1ccc(NC2=Nc3ccccc3N3C2=Nc2c(c(C)nn2-c2ccc(C)cc2)[C@H]3c2ccccc2C)cc1. The van der Waals surface area contributed by atoms with E-state index in [0.717, 1.165) is 45.7 Å². The van der Waals surface area contributed by atoms with E-state index in [1.807, 2.05) is 10.7 Å². The number of benzene rings is 4. The van der Waals surface area contributed by atoms with Crippen LogP contribution in [0.3, 0.4) is 0 Å². The quantitative estimate of drug-likeness (QED) is 0.262. The smallest absolute Gasteiger partial charge is 0.179 e. The summed E-state index contributed by atoms with van der Waals surface area (Å²) in [5.74, 6) is 2.31. The third-order valence-corrected chi connectivity index (χ3v) is 7.71. The van der Waals surface area contributed by atoms with E-state index in [1.165, 1.54) is 22.3 Å². The first-order valence-electron chi connectivity index (χ1n) is 13.6. The number of aromatic nitrogens is 2. The zero-order valence-electron chi connectivity index (χ0n) is 23.1. The Balaban J connectivity index is 1.50. The molecule has 0 fully saturated rings. The minimum Gasteiger partial charge on any atom is -0.337 e. The van der Waals surface area contributed by atoms with Gasteiger partial charge < -0.3 is 10.2 Å². The number of fused-ring (bicyclic) bond motifs is 4. The van der Waals surface area contributed by atoms with E-state index in [2.05, 4.69) is 129 Å². The van der Waals surface area contributed by atoms with Gasteiger partial charge in [-0.15, -0.1) is 0 Å². The van der Waals surface area contributed by atoms with Crippen molar-refractivity contribution < 1.29 is 0 Å². The predicted octanol–water partition coefficient (Wildman–Crippen LogP) is 7.90. The molecule has 7 rings (SSSR count). The summed E-state index contributed by atoms with van der Waals surface area (Å²) < 4.78 is 1.98. The van der Waals surface area contributed by atoms with Crippen molar-refractivity contribution in [1.29, 1.82) is 0 Å². The molecule has 1 atom stereocenters. The van der Waals surface area contributed by atoms with Crippen LogP contribution in [0.2, 0.25) is 0 Å². The van der Waals surface area contributed by atoms with Gasteiger partial charge in [0.25, 0.3) is 0 Å². The molecule has 2 aliphatic heterocycles. The molecule has 0 aliphatic carbocycles. The average Bonchev–Trinajstić information content (AvgIpc) is 3.30. The van der Waals surface area contributed by atoms with Crippen LogP contribution in [0.25, 0.3) is 5.69 Å². The summed E-state index contributed by atoms with van der Waals surface area (Å²) in [5.41, 5.74) is 10.8. The summed E-state index contributed by atoms with van der Waals surface area (Å²) in [6, 6.07) is 33.6. The highest BCUT2D eigenvalue weighted by Crippen LogP contribution is 2.48. The van der Waals surface area contributed by atoms with Crippen LogP contribution in [0, 0.1) is 27.7 Å². The molecule has 6 nitrogen and oxygen atoms in total. The monoisotopic (exact) mass is 522 g/mol. The number of anilines is 2. The van der Waals surface area contributed by atoms with Crippen molar-refractivity contribution in [3.63, 3.8) is 0 Å². The van der Waals surface area contributed by atoms with Crippen molar-refractivity contribution in [2.45, 2.75) is 33.7 Å². The van der Waals surface area contributed by atoms with Gasteiger partial charge in [0.05, 0.1) is 28.8 Å². The number of aryl methyl sites for hydroxylation is 4. The molecule has 2 aliphatic rings. The van der Waals surface area contributed by atoms with Crippen LogP contribution in [0.15, 0.2) is 107 Å². The minimum atomic E-state index is -0.130. The Morgan fingerprint density at radius 2 is 1.38 bits per heavy atom. The van der Waals surface area contributed by atoms with E-state index in [-0.39, 0.29) is 6.04 Å². The highest BCUT2D eigenvalue weighted by molar-refractivity contribution is 6.51. The molecule has 0 unspecified atom stereocenters. The fraction of sp³-hybridized carbons (Fsp3) is 0.147. The normalized spacial score (nSPS) is 15.5. The van der Waals surface area contributed by atoms with Gasteiger partial charge >= 0.3 is 0 Å². The van der Waals surface area contributed by atoms with Crippen molar-refractivity contribution in [3.8, 4) is 5.69 Å². The maximum atomic E-state index is 5.34. The van der Waals surface area contributed by atoms with Crippen LogP contribution in [0.1, 0.15) is 39.6 Å². The van der Waals surface area contributed by atoms with Gasteiger partial charge in [0.1, 0.15) is 0 Å². The number of nitrogens with one attached hydrogen (secondary N) is 1. The second kappa shape index (κ2) is 9.35. The molecule has 0 spiro atoms. The number of hydrogen-bond donors (Lipinski definition) is 1. The van der Waals surface area contributed by atoms with E-state index in [1.54, 1.807) is 0 Å². The second-order valence-corrected chi connectivity index (χ2v) is 10.6. The summed E-state index contributed by atoms with van der Waals surface area (Å²) >= 11 is 0. The first kappa shape index (κ1) is 24.1. The lowest BCUT2D eigenvalue weighted by atomic mass is 9.90. The predicted molar refractivity (Wildman–Crippen MR) is 164 cm³/mol. The van der Waals surface area contributed by atoms with Gasteiger partial charge in [-0.3, -0.25) is 0 Å². The molecule has 1 aromatic heterocycles. The van der Waals surface area contributed by atoms with E-state index in [4.69, 9.17) is 15.1 Å². The summed E-state index contributed by atoms with van der Waals surface area (Å²) in [5, 5.41) is 8.64. The van der Waals surface area contributed by atoms with E-state index in [0.29, 0.717) is 5.84 Å². The Hall–Kier alpha value is -4.97. The highest BCUT2D eigenvalue weighted by Gasteiger charge is 2.41. The van der Waals surface area contributed by atoms with Gasteiger partial charge in [0, 0.05) is 11.3 Å². The molecule has 0 radical (unpaired) electrons. The lowest BCUT2D eigenvalue weighted by molar-refractivity contribution is 0.809. The van der Waals surface area contributed by atoms with Crippen molar-refractivity contribution in [3.05, 3.63) is 131 Å². The lowest BCUT2D eigenvalue weighted by Crippen LogP contribution is -2.46. The lowest BCUT2D eigenvalue weighted by Gasteiger charge is -2.41. The second-order valence-electron chi connectivity index (χ2n) is 10.6. The minimum absolute atomic E-state index is 0.130. The van der Waals surface area contributed by atoms with Gasteiger partial charge in [-0.1, -0.05) is 71.8 Å². The molecule has 1 N–H and O–H groups in total. The van der Waals surface area contributed by atoms with Crippen molar-refractivity contribution >= 4 is 34.6 Å². The van der Waals surface area contributed by atoms with Crippen LogP contribution in [0.5, 0.6) is 0 Å². The van der Waals surface area contributed by atoms with Gasteiger partial charge in [-0.2, -0.15) is 5.10 Å². The Bertz CT molecular complexity index is 1810. The molecule has 0 bridgehead atoms. The third-order valence-electron chi connectivity index (χ3n) is 7.71. The van der Waals surface area contributed by atoms with Crippen molar-refractivity contribution in [1.82, 2.24) is 9.78 Å². The van der Waals surface area contributed by atoms with Crippen LogP contribution in [0.4, 0.5) is 22.9 Å². The molecule has 0 saturated heterocycles. The van der Waals surface area contributed by atoms with Crippen LogP contribution < -0.4 is 10.2 Å². The zero-order chi connectivity index (χ0) is 27.4. The van der Waals surface area contributed by atoms with Crippen LogP contribution in [-0.2, 0) is 0 Å². The molecule has 0 saturated carbocycles. The summed E-state index contributed by atoms with van der Waals surface area (Å²) in [4.78, 5) is 12.8. The number of rotatable bonds is 3. The molecule has 4 aromatic carbocycles. The Morgan fingerprint density at radius 3 is 2.12 bits per heavy atom. The molecule has 40 heavy (non-hydrogen) atoms. The van der Waals surface area contributed by atoms with E-state index >= 15 is 0 Å². The fourth-order valence-electron chi connectivity index (χ4n) is 5.63. The van der Waals surface area contributed by atoms with Crippen molar-refractivity contribution in [2.75, 3.05) is 10.2 Å². The standard InChI is InChI=1S/C34H30N6/c1-21-13-17-25(18-14-21)35-32-34-37-33-30(24(4)38-40(33)26-19-15-22(2)16-20-26)31(27-10-6-5-9-23(27)3)39(34)29-12-8-7-11-28(29)36-32/h5-20,31H,1-4H3,(H,35,36)/t31-/m1/s1. The number of aliphatic imine (C=N–C) groups is 2. The molecular formula is C34H30N6. The largest absolute Gasteiger partial charge is 0.337 e. The molecule has 196 valence electrons. The van der Waals surface area contributed by atoms with E-state index < -0.39 is 0 Å². The van der Waals surface area contributed by atoms with Gasteiger partial charge in [0.15, 0.2) is 17.5 Å². The van der Waals surface area contributed by atoms with Crippen LogP contribution in [-0.4, -0.2) is 21.5 Å². The molecule has 0 amide bonds. The van der Waals surface area contributed by atoms with Crippen molar-refractivity contribution in [2.24, 2.45) is 9.98 Å². The fourth-order valence-corrected chi connectivity index (χ4v) is 5.63. The first-order chi connectivity index (χ1) is 19.5. The summed E-state index contributed by atoms with van der Waals surface area (Å²) in [6.07, 6.45) is 0. The van der Waals surface area contributed by atoms with Gasteiger partial charge in [-0.25, -0.2) is 14.7 Å². The maximum Gasteiger partial charge on any atom is 0.179 e. The third kappa shape index (κ3) is 3.92. The molecular weight excluding hydrogens is 492 g/mol. The number of hydrogen-bond acceptors (Lipinski definition) is 5. The van der Waals surface area contributed by atoms with E-state index in [9.17, 15) is 0 Å². The Labute approximate surface area is 234 Å². The summed E-state index contributed by atoms with van der Waals surface area (Å²) in [6.45, 7) is 8.45. The highest BCUT2D eigenvalue weighted by atomic mass is 15.4. The Morgan fingerprint density at radius 1 is 0.700 bits per heavy atom. The van der Waals surface area contributed by atoms with Gasteiger partial charge in [-0.05, 0) is 75.2 Å². The number of para-hydroxylation sites is 2. The molecule has 3 heterocycles. The first-order valence-corrected chi connectivity index (χ1v) is 13.6. The average molecular weight is 523 g/mol. The molecule has 5 aromatic rings.